The monoisotopic (exact) mass is 306 g/mol. The molecular formula is C18H14N2O3. The van der Waals surface area contributed by atoms with Crippen molar-refractivity contribution < 1.29 is 14.6 Å². The molecule has 0 spiro atoms. The van der Waals surface area contributed by atoms with E-state index in [1.165, 1.54) is 0 Å². The summed E-state index contributed by atoms with van der Waals surface area (Å²) < 4.78 is 5.36. The number of aliphatic hydroxyl groups excluding tert-OH is 1. The van der Waals surface area contributed by atoms with Gasteiger partial charge in [0.1, 0.15) is 18.1 Å². The molecule has 5 heteroatoms. The molecule has 0 saturated carbocycles. The van der Waals surface area contributed by atoms with Crippen LogP contribution < -0.4 is 10.1 Å². The Morgan fingerprint density at radius 3 is 2.87 bits per heavy atom. The van der Waals surface area contributed by atoms with Crippen LogP contribution in [0, 0.1) is 12.3 Å². The van der Waals surface area contributed by atoms with Gasteiger partial charge in [0.15, 0.2) is 0 Å². The van der Waals surface area contributed by atoms with E-state index in [0.29, 0.717) is 22.7 Å². The lowest BCUT2D eigenvalue weighted by molar-refractivity contribution is -0.110. The summed E-state index contributed by atoms with van der Waals surface area (Å²) in [5.74, 6) is 2.63. The number of nitrogens with one attached hydrogen (secondary N) is 1. The van der Waals surface area contributed by atoms with Crippen LogP contribution in [0.3, 0.4) is 0 Å². The van der Waals surface area contributed by atoms with Crippen molar-refractivity contribution in [3.05, 3.63) is 53.6 Å². The van der Waals surface area contributed by atoms with Crippen molar-refractivity contribution in [2.75, 3.05) is 11.9 Å². The lowest BCUT2D eigenvalue weighted by Crippen LogP contribution is -2.13. The molecule has 3 rings (SSSR count). The first-order chi connectivity index (χ1) is 11.2. The molecule has 0 atom stereocenters. The predicted octanol–water partition coefficient (Wildman–Crippen LogP) is 2.26. The lowest BCUT2D eigenvalue weighted by Gasteiger charge is -2.08. The number of benzene rings is 2. The Hall–Kier alpha value is -3.10. The number of hydrogen-bond donors (Lipinski definition) is 2. The van der Waals surface area contributed by atoms with Gasteiger partial charge in [-0.3, -0.25) is 4.79 Å². The lowest BCUT2D eigenvalue weighted by atomic mass is 10.1. The van der Waals surface area contributed by atoms with Crippen LogP contribution in [0.25, 0.3) is 0 Å². The fourth-order valence-corrected chi connectivity index (χ4v) is 2.36. The second-order valence-corrected chi connectivity index (χ2v) is 4.90. The molecule has 0 fully saturated rings. The number of rotatable bonds is 4. The molecule has 1 aliphatic heterocycles. The third kappa shape index (κ3) is 2.93. The molecule has 0 bridgehead atoms. The molecule has 2 aromatic rings. The molecule has 0 saturated heterocycles. The number of aliphatic imine (C=N–C) groups is 1. The third-order valence-corrected chi connectivity index (χ3v) is 3.41. The Bertz CT molecular complexity index is 834. The van der Waals surface area contributed by atoms with Crippen LogP contribution in [0.15, 0.2) is 47.5 Å². The minimum absolute atomic E-state index is 0.122. The van der Waals surface area contributed by atoms with E-state index < -0.39 is 0 Å². The highest BCUT2D eigenvalue weighted by molar-refractivity contribution is 6.54. The molecule has 23 heavy (non-hydrogen) atoms. The summed E-state index contributed by atoms with van der Waals surface area (Å²) >= 11 is 0. The van der Waals surface area contributed by atoms with Gasteiger partial charge in [0.2, 0.25) is 0 Å². The van der Waals surface area contributed by atoms with Gasteiger partial charge in [0.25, 0.3) is 5.91 Å². The van der Waals surface area contributed by atoms with Gasteiger partial charge in [-0.2, -0.15) is 0 Å². The van der Waals surface area contributed by atoms with Crippen LogP contribution in [0.2, 0.25) is 0 Å². The minimum Gasteiger partial charge on any atom is -0.481 e. The van der Waals surface area contributed by atoms with E-state index >= 15 is 0 Å². The average molecular weight is 306 g/mol. The van der Waals surface area contributed by atoms with Gasteiger partial charge < -0.3 is 15.2 Å². The van der Waals surface area contributed by atoms with E-state index in [1.807, 2.05) is 24.3 Å². The molecule has 114 valence electrons. The van der Waals surface area contributed by atoms with Crippen LogP contribution >= 0.6 is 0 Å². The predicted molar refractivity (Wildman–Crippen MR) is 88.0 cm³/mol. The van der Waals surface area contributed by atoms with E-state index in [1.54, 1.807) is 18.2 Å². The zero-order chi connectivity index (χ0) is 16.2. The van der Waals surface area contributed by atoms with Gasteiger partial charge in [-0.25, -0.2) is 4.99 Å². The average Bonchev–Trinajstić information content (AvgIpc) is 2.89. The number of hydrogen-bond acceptors (Lipinski definition) is 4. The van der Waals surface area contributed by atoms with Crippen LogP contribution in [0.5, 0.6) is 5.75 Å². The quantitative estimate of drug-likeness (QED) is 0.851. The Kier molecular flexibility index (Phi) is 4.09. The summed E-state index contributed by atoms with van der Waals surface area (Å²) in [5, 5.41) is 12.2. The number of amides is 1. The van der Waals surface area contributed by atoms with Crippen molar-refractivity contribution in [2.24, 2.45) is 4.99 Å². The SMILES string of the molecule is C#CCOc1ccc(N=C2C(=O)Nc3ccccc32)cc1CO. The number of terminal acetylenes is 1. The van der Waals surface area contributed by atoms with E-state index in [2.05, 4.69) is 16.2 Å². The summed E-state index contributed by atoms with van der Waals surface area (Å²) in [5.41, 5.74) is 2.97. The number of aliphatic hydroxyl groups is 1. The third-order valence-electron chi connectivity index (χ3n) is 3.41. The van der Waals surface area contributed by atoms with Gasteiger partial charge in [0, 0.05) is 11.1 Å². The maximum Gasteiger partial charge on any atom is 0.275 e. The maximum absolute atomic E-state index is 12.1. The highest BCUT2D eigenvalue weighted by Crippen LogP contribution is 2.28. The molecule has 0 unspecified atom stereocenters. The Morgan fingerprint density at radius 1 is 1.26 bits per heavy atom. The molecule has 2 N–H and O–H groups in total. The number of nitrogens with zero attached hydrogens (tertiary/aromatic N) is 1. The first kappa shape index (κ1) is 14.8. The molecule has 1 aliphatic rings. The van der Waals surface area contributed by atoms with Crippen molar-refractivity contribution in [3.8, 4) is 18.1 Å². The molecule has 1 amide bonds. The highest BCUT2D eigenvalue weighted by atomic mass is 16.5. The summed E-state index contributed by atoms with van der Waals surface area (Å²) in [6.45, 7) is -0.0853. The number of carbonyl (C=O) groups is 1. The number of fused-ring (bicyclic) bond motifs is 1. The topological polar surface area (TPSA) is 70.9 Å². The summed E-state index contributed by atoms with van der Waals surface area (Å²) in [6.07, 6.45) is 5.16. The highest BCUT2D eigenvalue weighted by Gasteiger charge is 2.25. The van der Waals surface area contributed by atoms with Crippen molar-refractivity contribution >= 4 is 23.0 Å². The fraction of sp³-hybridized carbons (Fsp3) is 0.111. The smallest absolute Gasteiger partial charge is 0.275 e. The first-order valence-corrected chi connectivity index (χ1v) is 7.02. The molecule has 2 aromatic carbocycles. The van der Waals surface area contributed by atoms with Crippen molar-refractivity contribution in [1.82, 2.24) is 0 Å². The zero-order valence-electron chi connectivity index (χ0n) is 12.2. The van der Waals surface area contributed by atoms with Gasteiger partial charge in [0.05, 0.1) is 18.0 Å². The first-order valence-electron chi connectivity index (χ1n) is 7.02. The van der Waals surface area contributed by atoms with Gasteiger partial charge in [-0.15, -0.1) is 6.42 Å². The van der Waals surface area contributed by atoms with Crippen molar-refractivity contribution in [3.63, 3.8) is 0 Å². The van der Waals surface area contributed by atoms with Crippen LogP contribution in [-0.4, -0.2) is 23.3 Å². The Balaban J connectivity index is 1.97. The molecule has 0 aliphatic carbocycles. The number of anilines is 1. The summed E-state index contributed by atoms with van der Waals surface area (Å²) in [4.78, 5) is 16.5. The molecular weight excluding hydrogens is 292 g/mol. The Morgan fingerprint density at radius 2 is 2.09 bits per heavy atom. The second kappa shape index (κ2) is 6.34. The number of carbonyl (C=O) groups excluding carboxylic acids is 1. The Labute approximate surface area is 133 Å². The van der Waals surface area contributed by atoms with Crippen molar-refractivity contribution in [2.45, 2.75) is 6.61 Å². The van der Waals surface area contributed by atoms with Gasteiger partial charge in [-0.1, -0.05) is 24.1 Å². The fourth-order valence-electron chi connectivity index (χ4n) is 2.36. The summed E-state index contributed by atoms with van der Waals surface area (Å²) in [7, 11) is 0. The summed E-state index contributed by atoms with van der Waals surface area (Å²) in [6, 6.07) is 12.4. The minimum atomic E-state index is -0.246. The maximum atomic E-state index is 12.1. The van der Waals surface area contributed by atoms with E-state index in [9.17, 15) is 9.90 Å². The standard InChI is InChI=1S/C18H14N2O3/c1-2-9-23-16-8-7-13(10-12(16)11-21)19-17-14-5-3-4-6-15(14)20-18(17)22/h1,3-8,10,21H,9,11H2,(H,19,20,22). The van der Waals surface area contributed by atoms with Gasteiger partial charge >= 0.3 is 0 Å². The number of para-hydroxylation sites is 1. The normalized spacial score (nSPS) is 14.3. The van der Waals surface area contributed by atoms with Crippen molar-refractivity contribution in [1.29, 1.82) is 0 Å². The molecule has 5 nitrogen and oxygen atoms in total. The molecule has 1 heterocycles. The number of ether oxygens (including phenoxy) is 1. The molecule has 0 aromatic heterocycles. The van der Waals surface area contributed by atoms with Crippen LogP contribution in [-0.2, 0) is 11.4 Å². The molecule has 0 radical (unpaired) electrons. The van der Waals surface area contributed by atoms with E-state index in [-0.39, 0.29) is 19.1 Å². The zero-order valence-corrected chi connectivity index (χ0v) is 12.2. The van der Waals surface area contributed by atoms with Crippen LogP contribution in [0.1, 0.15) is 11.1 Å². The largest absolute Gasteiger partial charge is 0.481 e. The van der Waals surface area contributed by atoms with E-state index in [0.717, 1.165) is 11.3 Å². The van der Waals surface area contributed by atoms with E-state index in [4.69, 9.17) is 11.2 Å². The van der Waals surface area contributed by atoms with Gasteiger partial charge in [-0.05, 0) is 24.3 Å². The van der Waals surface area contributed by atoms with Crippen LogP contribution in [0.4, 0.5) is 11.4 Å². The second-order valence-electron chi connectivity index (χ2n) is 4.90.